The van der Waals surface area contributed by atoms with Crippen molar-refractivity contribution in [3.05, 3.63) is 17.2 Å². The molecule has 2 heterocycles. The molecule has 4 N–H and O–H groups in total. The number of hydrogen-bond acceptors (Lipinski definition) is 5. The first-order valence-corrected chi connectivity index (χ1v) is 5.67. The highest BCUT2D eigenvalue weighted by Gasteiger charge is 2.24. The average molecular weight is 268 g/mol. The minimum atomic E-state index is -0.0795. The smallest absolute Gasteiger partial charge is 0.172 e. The number of fused-ring (bicyclic) bond motifs is 1. The number of aromatic nitrogens is 2. The predicted octanol–water partition coefficient (Wildman–Crippen LogP) is 1.79. The number of H-pyrrole nitrogens is 1. The first-order chi connectivity index (χ1) is 8.66. The van der Waals surface area contributed by atoms with Gasteiger partial charge in [0.25, 0.3) is 0 Å². The summed E-state index contributed by atoms with van der Waals surface area (Å²) in [5.74, 6) is 1.18. The molecule has 0 amide bonds. The van der Waals surface area contributed by atoms with Gasteiger partial charge in [-0.05, 0) is 0 Å². The van der Waals surface area contributed by atoms with Crippen molar-refractivity contribution in [3.63, 3.8) is 0 Å². The van der Waals surface area contributed by atoms with Crippen LogP contribution in [0.2, 0.25) is 5.02 Å². The molecule has 1 aliphatic heterocycles. The molecule has 1 aromatic carbocycles. The van der Waals surface area contributed by atoms with Gasteiger partial charge in [-0.2, -0.15) is 5.10 Å². The van der Waals surface area contributed by atoms with Crippen molar-refractivity contribution >= 4 is 17.4 Å². The van der Waals surface area contributed by atoms with Crippen molar-refractivity contribution in [2.75, 3.05) is 18.9 Å². The first kappa shape index (κ1) is 11.0. The molecule has 18 heavy (non-hydrogen) atoms. The van der Waals surface area contributed by atoms with Crippen molar-refractivity contribution in [1.82, 2.24) is 10.2 Å². The second-order valence-electron chi connectivity index (χ2n) is 3.82. The summed E-state index contributed by atoms with van der Waals surface area (Å²) in [5.41, 5.74) is 6.62. The molecule has 0 radical (unpaired) electrons. The molecular weight excluding hydrogens is 258 g/mol. The Morgan fingerprint density at radius 3 is 2.83 bits per heavy atom. The van der Waals surface area contributed by atoms with Gasteiger partial charge in [-0.1, -0.05) is 11.6 Å². The lowest BCUT2D eigenvalue weighted by Crippen LogP contribution is -2.16. The Kier molecular flexibility index (Phi) is 2.45. The van der Waals surface area contributed by atoms with Crippen LogP contribution in [0.4, 0.5) is 5.82 Å². The molecule has 0 bridgehead atoms. The summed E-state index contributed by atoms with van der Waals surface area (Å²) in [5, 5.41) is 16.5. The zero-order valence-corrected chi connectivity index (χ0v) is 9.99. The second kappa shape index (κ2) is 3.99. The number of phenolic OH excluding ortho intramolecular Hbond substituents is 1. The average Bonchev–Trinajstić information content (AvgIpc) is 2.77. The molecule has 0 fully saturated rings. The fourth-order valence-electron chi connectivity index (χ4n) is 1.86. The van der Waals surface area contributed by atoms with Gasteiger partial charge < -0.3 is 20.3 Å². The molecule has 1 aromatic heterocycles. The Morgan fingerprint density at radius 1 is 1.33 bits per heavy atom. The summed E-state index contributed by atoms with van der Waals surface area (Å²) in [4.78, 5) is 0. The number of nitrogen functional groups attached to an aromatic ring is 1. The van der Waals surface area contributed by atoms with Crippen LogP contribution in [-0.4, -0.2) is 28.5 Å². The van der Waals surface area contributed by atoms with E-state index in [-0.39, 0.29) is 10.8 Å². The van der Waals surface area contributed by atoms with Crippen LogP contribution in [0, 0.1) is 0 Å². The van der Waals surface area contributed by atoms with Gasteiger partial charge in [-0.25, -0.2) is 0 Å². The van der Waals surface area contributed by atoms with Crippen molar-refractivity contribution in [1.29, 1.82) is 0 Å². The molecule has 0 saturated carbocycles. The minimum absolute atomic E-state index is 0.0795. The highest BCUT2D eigenvalue weighted by Crippen LogP contribution is 2.48. The molecule has 3 rings (SSSR count). The van der Waals surface area contributed by atoms with Gasteiger partial charge in [0.15, 0.2) is 11.5 Å². The molecular formula is C11H10ClN3O3. The third-order valence-corrected chi connectivity index (χ3v) is 3.00. The minimum Gasteiger partial charge on any atom is -0.506 e. The monoisotopic (exact) mass is 267 g/mol. The van der Waals surface area contributed by atoms with Gasteiger partial charge in [0, 0.05) is 12.1 Å². The van der Waals surface area contributed by atoms with E-state index in [1.165, 1.54) is 6.07 Å². The number of anilines is 1. The Labute approximate surface area is 107 Å². The molecule has 0 aliphatic carbocycles. The van der Waals surface area contributed by atoms with E-state index in [1.807, 2.05) is 0 Å². The molecule has 1 aliphatic rings. The van der Waals surface area contributed by atoms with E-state index < -0.39 is 0 Å². The Hall–Kier alpha value is -2.08. The summed E-state index contributed by atoms with van der Waals surface area (Å²) in [6, 6.07) is 3.04. The van der Waals surface area contributed by atoms with E-state index in [2.05, 4.69) is 10.2 Å². The molecule has 0 spiro atoms. The molecule has 6 nitrogen and oxygen atoms in total. The SMILES string of the molecule is Nc1cc(-c2c(Cl)c(O)cc3c2OCCO3)[nH]n1. The lowest BCUT2D eigenvalue weighted by Gasteiger charge is -2.21. The van der Waals surface area contributed by atoms with E-state index in [4.69, 9.17) is 26.8 Å². The number of rotatable bonds is 1. The molecule has 0 unspecified atom stereocenters. The number of nitrogens with zero attached hydrogens (tertiary/aromatic N) is 1. The van der Waals surface area contributed by atoms with Crippen LogP contribution in [-0.2, 0) is 0 Å². The number of aromatic hydroxyl groups is 1. The van der Waals surface area contributed by atoms with E-state index >= 15 is 0 Å². The van der Waals surface area contributed by atoms with Crippen LogP contribution in [0.3, 0.4) is 0 Å². The molecule has 94 valence electrons. The quantitative estimate of drug-likeness (QED) is 0.732. The maximum Gasteiger partial charge on any atom is 0.172 e. The van der Waals surface area contributed by atoms with Crippen molar-refractivity contribution < 1.29 is 14.6 Å². The first-order valence-electron chi connectivity index (χ1n) is 5.29. The van der Waals surface area contributed by atoms with Crippen molar-refractivity contribution in [2.45, 2.75) is 0 Å². The fourth-order valence-corrected chi connectivity index (χ4v) is 2.10. The summed E-state index contributed by atoms with van der Waals surface area (Å²) < 4.78 is 11.0. The van der Waals surface area contributed by atoms with Gasteiger partial charge in [-0.15, -0.1) is 0 Å². The van der Waals surface area contributed by atoms with Gasteiger partial charge in [-0.3, -0.25) is 5.10 Å². The van der Waals surface area contributed by atoms with Gasteiger partial charge in [0.1, 0.15) is 24.8 Å². The normalized spacial score (nSPS) is 13.6. The van der Waals surface area contributed by atoms with E-state index in [9.17, 15) is 5.11 Å². The molecule has 0 saturated heterocycles. The lowest BCUT2D eigenvalue weighted by molar-refractivity contribution is 0.171. The number of nitrogens with one attached hydrogen (secondary N) is 1. The molecule has 2 aromatic rings. The zero-order chi connectivity index (χ0) is 12.7. The lowest BCUT2D eigenvalue weighted by atomic mass is 10.1. The molecule has 0 atom stereocenters. The van der Waals surface area contributed by atoms with Crippen LogP contribution in [0.25, 0.3) is 11.3 Å². The number of phenols is 1. The third kappa shape index (κ3) is 1.62. The van der Waals surface area contributed by atoms with Crippen LogP contribution < -0.4 is 15.2 Å². The summed E-state index contributed by atoms with van der Waals surface area (Å²) >= 11 is 6.10. The number of aromatic amines is 1. The van der Waals surface area contributed by atoms with Gasteiger partial charge in [0.2, 0.25) is 0 Å². The maximum absolute atomic E-state index is 9.79. The summed E-state index contributed by atoms with van der Waals surface area (Å²) in [6.45, 7) is 0.851. The van der Waals surface area contributed by atoms with E-state index in [0.29, 0.717) is 41.8 Å². The van der Waals surface area contributed by atoms with E-state index in [0.717, 1.165) is 0 Å². The Morgan fingerprint density at radius 2 is 2.11 bits per heavy atom. The Bertz CT molecular complexity index is 612. The number of nitrogens with two attached hydrogens (primary N) is 1. The topological polar surface area (TPSA) is 93.4 Å². The number of benzene rings is 1. The summed E-state index contributed by atoms with van der Waals surface area (Å²) in [6.07, 6.45) is 0. The number of hydrogen-bond donors (Lipinski definition) is 3. The second-order valence-corrected chi connectivity index (χ2v) is 4.19. The van der Waals surface area contributed by atoms with Gasteiger partial charge >= 0.3 is 0 Å². The van der Waals surface area contributed by atoms with E-state index in [1.54, 1.807) is 6.07 Å². The number of halogens is 1. The van der Waals surface area contributed by atoms with Gasteiger partial charge in [0.05, 0.1) is 16.3 Å². The van der Waals surface area contributed by atoms with Crippen molar-refractivity contribution in [2.24, 2.45) is 0 Å². The van der Waals surface area contributed by atoms with Crippen LogP contribution in [0.1, 0.15) is 0 Å². The molecule has 7 heteroatoms. The maximum atomic E-state index is 9.79. The van der Waals surface area contributed by atoms with Crippen LogP contribution in [0.15, 0.2) is 12.1 Å². The largest absolute Gasteiger partial charge is 0.506 e. The zero-order valence-electron chi connectivity index (χ0n) is 9.24. The van der Waals surface area contributed by atoms with Crippen molar-refractivity contribution in [3.8, 4) is 28.5 Å². The fraction of sp³-hybridized carbons (Fsp3) is 0.182. The standard InChI is InChI=1S/C11H10ClN3O3/c12-10-6(16)4-7-11(18-2-1-17-7)9(10)5-3-8(13)15-14-5/h3-4,16H,1-2H2,(H3,13,14,15). The van der Waals surface area contributed by atoms with Crippen LogP contribution >= 0.6 is 11.6 Å². The number of ether oxygens (including phenoxy) is 2. The Balaban J connectivity index is 2.26. The highest BCUT2D eigenvalue weighted by atomic mass is 35.5. The highest BCUT2D eigenvalue weighted by molar-refractivity contribution is 6.35. The summed E-state index contributed by atoms with van der Waals surface area (Å²) in [7, 11) is 0. The predicted molar refractivity (Wildman–Crippen MR) is 66.1 cm³/mol. The van der Waals surface area contributed by atoms with Crippen LogP contribution in [0.5, 0.6) is 17.2 Å². The third-order valence-electron chi connectivity index (χ3n) is 2.62.